The number of nitrogens with zero attached hydrogens (tertiary/aromatic N) is 1. The van der Waals surface area contributed by atoms with Crippen LogP contribution in [-0.4, -0.2) is 30.0 Å². The van der Waals surface area contributed by atoms with Gasteiger partial charge in [0, 0.05) is 29.1 Å². The number of anilines is 1. The van der Waals surface area contributed by atoms with Crippen molar-refractivity contribution in [1.82, 2.24) is 4.98 Å². The Morgan fingerprint density at radius 2 is 1.85 bits per heavy atom. The third-order valence-corrected chi connectivity index (χ3v) is 4.65. The number of hydrogen-bond acceptors (Lipinski definition) is 4. The predicted octanol–water partition coefficient (Wildman–Crippen LogP) is 2.27. The molecule has 0 radical (unpaired) electrons. The first-order valence-corrected chi connectivity index (χ1v) is 8.21. The third-order valence-electron chi connectivity index (χ3n) is 4.65. The molecule has 0 fully saturated rings. The summed E-state index contributed by atoms with van der Waals surface area (Å²) in [7, 11) is 1.30. The van der Waals surface area contributed by atoms with Crippen molar-refractivity contribution in [1.29, 1.82) is 0 Å². The number of benzene rings is 2. The number of pyridine rings is 1. The van der Waals surface area contributed by atoms with Crippen molar-refractivity contribution < 1.29 is 14.3 Å². The maximum absolute atomic E-state index is 13.4. The van der Waals surface area contributed by atoms with E-state index >= 15 is 0 Å². The van der Waals surface area contributed by atoms with Crippen molar-refractivity contribution in [2.75, 3.05) is 12.0 Å². The number of rotatable bonds is 2. The number of ether oxygens (including phenoxy) is 1. The Hall–Kier alpha value is -3.41. The van der Waals surface area contributed by atoms with Gasteiger partial charge in [-0.2, -0.15) is 0 Å². The van der Waals surface area contributed by atoms with Crippen LogP contribution in [0.5, 0.6) is 0 Å². The Morgan fingerprint density at radius 3 is 2.65 bits per heavy atom. The Kier molecular flexibility index (Phi) is 3.80. The Labute approximate surface area is 149 Å². The second-order valence-electron chi connectivity index (χ2n) is 6.14. The van der Waals surface area contributed by atoms with Crippen LogP contribution in [0.25, 0.3) is 10.9 Å². The van der Waals surface area contributed by atoms with Crippen LogP contribution < -0.4 is 10.5 Å². The molecule has 0 aliphatic carbocycles. The third kappa shape index (κ3) is 2.47. The van der Waals surface area contributed by atoms with E-state index in [-0.39, 0.29) is 11.1 Å². The minimum Gasteiger partial charge on any atom is -0.467 e. The molecule has 1 amide bonds. The summed E-state index contributed by atoms with van der Waals surface area (Å²) in [6, 6.07) is 15.0. The highest BCUT2D eigenvalue weighted by atomic mass is 16.5. The number of aromatic amines is 1. The summed E-state index contributed by atoms with van der Waals surface area (Å²) in [5.74, 6) is -0.878. The Balaban J connectivity index is 1.89. The van der Waals surface area contributed by atoms with Crippen LogP contribution in [0.3, 0.4) is 0 Å². The Bertz CT molecular complexity index is 1090. The largest absolute Gasteiger partial charge is 0.467 e. The van der Waals surface area contributed by atoms with E-state index in [0.29, 0.717) is 23.0 Å². The van der Waals surface area contributed by atoms with Crippen molar-refractivity contribution in [3.05, 3.63) is 76.1 Å². The van der Waals surface area contributed by atoms with Gasteiger partial charge in [0.2, 0.25) is 5.56 Å². The second kappa shape index (κ2) is 6.15. The molecular formula is C20H16N2O4. The molecule has 130 valence electrons. The highest BCUT2D eigenvalue weighted by Crippen LogP contribution is 2.34. The molecule has 0 spiro atoms. The van der Waals surface area contributed by atoms with Crippen LogP contribution in [0.4, 0.5) is 5.69 Å². The average molecular weight is 348 g/mol. The van der Waals surface area contributed by atoms with E-state index in [4.69, 9.17) is 4.74 Å². The maximum Gasteiger partial charge on any atom is 0.329 e. The summed E-state index contributed by atoms with van der Waals surface area (Å²) in [6.45, 7) is 0. The molecular weight excluding hydrogens is 332 g/mol. The van der Waals surface area contributed by atoms with E-state index in [9.17, 15) is 14.4 Å². The molecule has 6 nitrogen and oxygen atoms in total. The standard InChI is InChI=1S/C20H16N2O4/c1-26-20(25)17-10-12-6-2-5-9-16(12)22(17)19(24)14-11-18(23)21-15-8-4-3-7-13(14)15/h2-9,11,17H,10H2,1H3,(H,21,23)/t17-/m0/s1. The van der Waals surface area contributed by atoms with Gasteiger partial charge in [0.1, 0.15) is 6.04 Å². The summed E-state index contributed by atoms with van der Waals surface area (Å²) < 4.78 is 4.89. The van der Waals surface area contributed by atoms with E-state index in [1.807, 2.05) is 18.2 Å². The molecule has 0 saturated carbocycles. The summed E-state index contributed by atoms with van der Waals surface area (Å²) in [4.78, 5) is 41.8. The summed E-state index contributed by atoms with van der Waals surface area (Å²) in [5.41, 5.74) is 2.03. The first-order valence-electron chi connectivity index (χ1n) is 8.21. The van der Waals surface area contributed by atoms with E-state index in [1.54, 1.807) is 30.3 Å². The van der Waals surface area contributed by atoms with Crippen molar-refractivity contribution >= 4 is 28.5 Å². The van der Waals surface area contributed by atoms with Gasteiger partial charge in [-0.1, -0.05) is 36.4 Å². The number of esters is 1. The van der Waals surface area contributed by atoms with Gasteiger partial charge in [0.15, 0.2) is 0 Å². The van der Waals surface area contributed by atoms with Crippen LogP contribution in [0.15, 0.2) is 59.4 Å². The van der Waals surface area contributed by atoms with Gasteiger partial charge in [0.25, 0.3) is 5.91 Å². The second-order valence-corrected chi connectivity index (χ2v) is 6.14. The highest BCUT2D eigenvalue weighted by Gasteiger charge is 2.39. The number of amides is 1. The topological polar surface area (TPSA) is 79.5 Å². The lowest BCUT2D eigenvalue weighted by molar-refractivity contribution is -0.141. The first kappa shape index (κ1) is 16.1. The Morgan fingerprint density at radius 1 is 1.12 bits per heavy atom. The predicted molar refractivity (Wildman–Crippen MR) is 97.3 cm³/mol. The normalized spacial score (nSPS) is 15.7. The van der Waals surface area contributed by atoms with Gasteiger partial charge in [-0.15, -0.1) is 0 Å². The molecule has 26 heavy (non-hydrogen) atoms. The average Bonchev–Trinajstić information content (AvgIpc) is 3.05. The SMILES string of the molecule is COC(=O)[C@@H]1Cc2ccccc2N1C(=O)c1cc(=O)[nH]c2ccccc12. The molecule has 1 aliphatic rings. The molecule has 1 aromatic heterocycles. The van der Waals surface area contributed by atoms with Crippen molar-refractivity contribution in [2.45, 2.75) is 12.5 Å². The molecule has 6 heteroatoms. The molecule has 1 N–H and O–H groups in total. The fraction of sp³-hybridized carbons (Fsp3) is 0.150. The van der Waals surface area contributed by atoms with Crippen LogP contribution in [0.2, 0.25) is 0 Å². The quantitative estimate of drug-likeness (QED) is 0.721. The van der Waals surface area contributed by atoms with E-state index in [2.05, 4.69) is 4.98 Å². The van der Waals surface area contributed by atoms with Crippen molar-refractivity contribution in [3.8, 4) is 0 Å². The number of carbonyl (C=O) groups excluding carboxylic acids is 2. The van der Waals surface area contributed by atoms with Gasteiger partial charge in [0.05, 0.1) is 12.7 Å². The van der Waals surface area contributed by atoms with E-state index in [1.165, 1.54) is 18.1 Å². The maximum atomic E-state index is 13.4. The van der Waals surface area contributed by atoms with Crippen LogP contribution >= 0.6 is 0 Å². The number of carbonyl (C=O) groups is 2. The van der Waals surface area contributed by atoms with Crippen LogP contribution in [0, 0.1) is 0 Å². The van der Waals surface area contributed by atoms with Gasteiger partial charge >= 0.3 is 5.97 Å². The number of H-pyrrole nitrogens is 1. The van der Waals surface area contributed by atoms with Gasteiger partial charge in [-0.25, -0.2) is 4.79 Å². The van der Waals surface area contributed by atoms with E-state index in [0.717, 1.165) is 5.56 Å². The van der Waals surface area contributed by atoms with E-state index < -0.39 is 17.9 Å². The molecule has 3 aromatic rings. The number of fused-ring (bicyclic) bond motifs is 2. The van der Waals surface area contributed by atoms with Crippen LogP contribution in [-0.2, 0) is 16.0 Å². The highest BCUT2D eigenvalue weighted by molar-refractivity contribution is 6.16. The number of hydrogen-bond donors (Lipinski definition) is 1. The summed E-state index contributed by atoms with van der Waals surface area (Å²) in [5, 5.41) is 0.630. The molecule has 1 atom stereocenters. The molecule has 1 aliphatic heterocycles. The number of nitrogens with one attached hydrogen (secondary N) is 1. The number of aromatic nitrogens is 1. The molecule has 2 heterocycles. The van der Waals surface area contributed by atoms with Crippen molar-refractivity contribution in [3.63, 3.8) is 0 Å². The first-order chi connectivity index (χ1) is 12.6. The van der Waals surface area contributed by atoms with Gasteiger partial charge in [-0.05, 0) is 17.7 Å². The lowest BCUT2D eigenvalue weighted by atomic mass is 10.1. The zero-order valence-corrected chi connectivity index (χ0v) is 14.1. The molecule has 0 bridgehead atoms. The zero-order chi connectivity index (χ0) is 18.3. The lowest BCUT2D eigenvalue weighted by Crippen LogP contribution is -2.43. The number of para-hydroxylation sites is 2. The smallest absolute Gasteiger partial charge is 0.329 e. The molecule has 4 rings (SSSR count). The zero-order valence-electron chi connectivity index (χ0n) is 14.1. The monoisotopic (exact) mass is 348 g/mol. The van der Waals surface area contributed by atoms with Crippen LogP contribution in [0.1, 0.15) is 15.9 Å². The van der Waals surface area contributed by atoms with Crippen molar-refractivity contribution in [2.24, 2.45) is 0 Å². The number of methoxy groups -OCH3 is 1. The van der Waals surface area contributed by atoms with Gasteiger partial charge in [-0.3, -0.25) is 14.5 Å². The fourth-order valence-electron chi connectivity index (χ4n) is 3.47. The lowest BCUT2D eigenvalue weighted by Gasteiger charge is -2.24. The molecule has 0 saturated heterocycles. The molecule has 0 unspecified atom stereocenters. The molecule has 2 aromatic carbocycles. The minimum atomic E-state index is -0.747. The van der Waals surface area contributed by atoms with Gasteiger partial charge < -0.3 is 9.72 Å². The fourth-order valence-corrected chi connectivity index (χ4v) is 3.47. The minimum absolute atomic E-state index is 0.259. The summed E-state index contributed by atoms with van der Waals surface area (Å²) >= 11 is 0. The summed E-state index contributed by atoms with van der Waals surface area (Å²) in [6.07, 6.45) is 0.385.